The fraction of sp³-hybridized carbons (Fsp3) is 0.500. The van der Waals surface area contributed by atoms with Crippen LogP contribution in [0.3, 0.4) is 0 Å². The molecule has 1 unspecified atom stereocenters. The number of nitrogens with zero attached hydrogens (tertiary/aromatic N) is 1. The van der Waals surface area contributed by atoms with E-state index >= 15 is 0 Å². The quantitative estimate of drug-likeness (QED) is 0.797. The summed E-state index contributed by atoms with van der Waals surface area (Å²) in [5.41, 5.74) is 1.81. The van der Waals surface area contributed by atoms with Crippen LogP contribution in [0.5, 0.6) is 0 Å². The van der Waals surface area contributed by atoms with Crippen molar-refractivity contribution in [2.75, 3.05) is 18.0 Å². The number of para-hydroxylation sites is 1. The van der Waals surface area contributed by atoms with Gasteiger partial charge in [0, 0.05) is 18.7 Å². The average molecular weight is 332 g/mol. The van der Waals surface area contributed by atoms with Crippen molar-refractivity contribution in [2.45, 2.75) is 33.1 Å². The minimum atomic E-state index is -0.914. The number of aliphatic carboxylic acids is 1. The van der Waals surface area contributed by atoms with Gasteiger partial charge < -0.3 is 15.3 Å². The third kappa shape index (κ3) is 4.57. The Labute approximate surface area is 141 Å². The Kier molecular flexibility index (Phi) is 5.95. The van der Waals surface area contributed by atoms with Crippen LogP contribution >= 0.6 is 0 Å². The number of carboxylic acid groups (broad SMARTS) is 1. The molecule has 0 saturated heterocycles. The Hall–Kier alpha value is -2.37. The standard InChI is InChI=1S/C18H24N2O4/c1-12(2)9-14(18(23)24)10-19-16(21)11-20-15-6-4-3-5-13(15)7-8-17(20)22/h3-6,12,14H,7-11H2,1-2H3,(H,19,21)(H,23,24). The van der Waals surface area contributed by atoms with Gasteiger partial charge in [0.05, 0.1) is 5.92 Å². The SMILES string of the molecule is CC(C)CC(CNC(=O)CN1C(=O)CCc2ccccc21)C(=O)O. The van der Waals surface area contributed by atoms with Crippen LogP contribution in [0.4, 0.5) is 5.69 Å². The Bertz CT molecular complexity index is 627. The van der Waals surface area contributed by atoms with Gasteiger partial charge in [-0.15, -0.1) is 0 Å². The number of amides is 2. The predicted octanol–water partition coefficient (Wildman–Crippen LogP) is 1.83. The molecule has 6 heteroatoms. The maximum absolute atomic E-state index is 12.2. The van der Waals surface area contributed by atoms with E-state index in [0.717, 1.165) is 11.3 Å². The van der Waals surface area contributed by atoms with Crippen LogP contribution in [0.1, 0.15) is 32.3 Å². The highest BCUT2D eigenvalue weighted by molar-refractivity contribution is 6.01. The lowest BCUT2D eigenvalue weighted by Crippen LogP contribution is -2.44. The summed E-state index contributed by atoms with van der Waals surface area (Å²) in [6.07, 6.45) is 1.57. The molecule has 0 bridgehead atoms. The number of benzene rings is 1. The second kappa shape index (κ2) is 7.95. The number of carbonyl (C=O) groups is 3. The second-order valence-electron chi connectivity index (χ2n) is 6.58. The third-order valence-corrected chi connectivity index (χ3v) is 4.14. The molecule has 0 aliphatic carbocycles. The van der Waals surface area contributed by atoms with Crippen LogP contribution < -0.4 is 10.2 Å². The van der Waals surface area contributed by atoms with Crippen molar-refractivity contribution in [3.63, 3.8) is 0 Å². The van der Waals surface area contributed by atoms with Crippen LogP contribution in [0, 0.1) is 11.8 Å². The zero-order valence-corrected chi connectivity index (χ0v) is 14.1. The molecule has 24 heavy (non-hydrogen) atoms. The fourth-order valence-corrected chi connectivity index (χ4v) is 2.95. The predicted molar refractivity (Wildman–Crippen MR) is 90.7 cm³/mol. The summed E-state index contributed by atoms with van der Waals surface area (Å²) >= 11 is 0. The molecule has 6 nitrogen and oxygen atoms in total. The monoisotopic (exact) mass is 332 g/mol. The topological polar surface area (TPSA) is 86.7 Å². The Morgan fingerprint density at radius 2 is 1.96 bits per heavy atom. The molecular weight excluding hydrogens is 308 g/mol. The molecule has 1 heterocycles. The lowest BCUT2D eigenvalue weighted by molar-refractivity contribution is -0.142. The summed E-state index contributed by atoms with van der Waals surface area (Å²) in [5.74, 6) is -1.71. The van der Waals surface area contributed by atoms with Gasteiger partial charge >= 0.3 is 5.97 Å². The first-order valence-corrected chi connectivity index (χ1v) is 8.26. The van der Waals surface area contributed by atoms with Crippen LogP contribution in [0.15, 0.2) is 24.3 Å². The molecule has 1 aromatic carbocycles. The van der Waals surface area contributed by atoms with Gasteiger partial charge in [0.2, 0.25) is 11.8 Å². The second-order valence-corrected chi connectivity index (χ2v) is 6.58. The van der Waals surface area contributed by atoms with E-state index in [1.54, 1.807) is 0 Å². The van der Waals surface area contributed by atoms with Gasteiger partial charge in [-0.25, -0.2) is 0 Å². The van der Waals surface area contributed by atoms with Crippen LogP contribution in [0.25, 0.3) is 0 Å². The van der Waals surface area contributed by atoms with Gasteiger partial charge in [-0.3, -0.25) is 14.4 Å². The molecule has 0 radical (unpaired) electrons. The van der Waals surface area contributed by atoms with Gasteiger partial charge in [0.15, 0.2) is 0 Å². The van der Waals surface area contributed by atoms with Gasteiger partial charge in [-0.2, -0.15) is 0 Å². The normalized spacial score (nSPS) is 15.1. The maximum atomic E-state index is 12.2. The minimum Gasteiger partial charge on any atom is -0.481 e. The molecule has 0 aromatic heterocycles. The number of rotatable bonds is 7. The van der Waals surface area contributed by atoms with Crippen LogP contribution in [-0.2, 0) is 20.8 Å². The summed E-state index contributed by atoms with van der Waals surface area (Å²) in [6.45, 7) is 3.89. The molecule has 1 atom stereocenters. The Morgan fingerprint density at radius 1 is 1.25 bits per heavy atom. The number of fused-ring (bicyclic) bond motifs is 1. The molecule has 1 aliphatic heterocycles. The van der Waals surface area contributed by atoms with E-state index in [1.165, 1.54) is 4.90 Å². The highest BCUT2D eigenvalue weighted by atomic mass is 16.4. The lowest BCUT2D eigenvalue weighted by Gasteiger charge is -2.29. The van der Waals surface area contributed by atoms with E-state index in [2.05, 4.69) is 5.32 Å². The Balaban J connectivity index is 1.97. The van der Waals surface area contributed by atoms with Crippen molar-refractivity contribution in [1.29, 1.82) is 0 Å². The zero-order valence-electron chi connectivity index (χ0n) is 14.1. The van der Waals surface area contributed by atoms with Gasteiger partial charge in [-0.1, -0.05) is 32.0 Å². The van der Waals surface area contributed by atoms with Crippen molar-refractivity contribution in [3.05, 3.63) is 29.8 Å². The summed E-state index contributed by atoms with van der Waals surface area (Å²) in [4.78, 5) is 37.0. The van der Waals surface area contributed by atoms with E-state index in [0.29, 0.717) is 19.3 Å². The fourth-order valence-electron chi connectivity index (χ4n) is 2.95. The first-order chi connectivity index (χ1) is 11.4. The molecule has 2 amide bonds. The van der Waals surface area contributed by atoms with E-state index < -0.39 is 11.9 Å². The third-order valence-electron chi connectivity index (χ3n) is 4.14. The van der Waals surface area contributed by atoms with Crippen molar-refractivity contribution in [1.82, 2.24) is 5.32 Å². The van der Waals surface area contributed by atoms with E-state index in [4.69, 9.17) is 0 Å². The van der Waals surface area contributed by atoms with Crippen molar-refractivity contribution in [3.8, 4) is 0 Å². The maximum Gasteiger partial charge on any atom is 0.308 e. The molecule has 0 spiro atoms. The smallest absolute Gasteiger partial charge is 0.308 e. The first kappa shape index (κ1) is 18.0. The van der Waals surface area contributed by atoms with E-state index in [-0.39, 0.29) is 30.8 Å². The van der Waals surface area contributed by atoms with E-state index in [9.17, 15) is 19.5 Å². The van der Waals surface area contributed by atoms with Crippen molar-refractivity contribution >= 4 is 23.5 Å². The number of nitrogens with one attached hydrogen (secondary N) is 1. The molecule has 1 aromatic rings. The summed E-state index contributed by atoms with van der Waals surface area (Å²) in [5, 5.41) is 11.9. The Morgan fingerprint density at radius 3 is 2.62 bits per heavy atom. The summed E-state index contributed by atoms with van der Waals surface area (Å²) < 4.78 is 0. The number of carbonyl (C=O) groups excluding carboxylic acids is 2. The number of carboxylic acids is 1. The molecule has 2 rings (SSSR count). The molecule has 0 saturated carbocycles. The first-order valence-electron chi connectivity index (χ1n) is 8.26. The average Bonchev–Trinajstić information content (AvgIpc) is 2.53. The summed E-state index contributed by atoms with van der Waals surface area (Å²) in [7, 11) is 0. The molecule has 130 valence electrons. The number of anilines is 1. The largest absolute Gasteiger partial charge is 0.481 e. The lowest BCUT2D eigenvalue weighted by atomic mass is 9.97. The molecule has 1 aliphatic rings. The van der Waals surface area contributed by atoms with Crippen molar-refractivity contribution in [2.24, 2.45) is 11.8 Å². The van der Waals surface area contributed by atoms with Gasteiger partial charge in [-0.05, 0) is 30.4 Å². The van der Waals surface area contributed by atoms with Crippen molar-refractivity contribution < 1.29 is 19.5 Å². The van der Waals surface area contributed by atoms with Gasteiger partial charge in [0.1, 0.15) is 6.54 Å². The highest BCUT2D eigenvalue weighted by Crippen LogP contribution is 2.27. The van der Waals surface area contributed by atoms with Crippen LogP contribution in [-0.4, -0.2) is 36.0 Å². The number of hydrogen-bond acceptors (Lipinski definition) is 3. The zero-order chi connectivity index (χ0) is 17.7. The van der Waals surface area contributed by atoms with E-state index in [1.807, 2.05) is 38.1 Å². The molecular formula is C18H24N2O4. The molecule has 0 fully saturated rings. The summed E-state index contributed by atoms with van der Waals surface area (Å²) in [6, 6.07) is 7.54. The molecule has 2 N–H and O–H groups in total. The highest BCUT2D eigenvalue weighted by Gasteiger charge is 2.26. The van der Waals surface area contributed by atoms with Gasteiger partial charge in [0.25, 0.3) is 0 Å². The number of aryl methyl sites for hydroxylation is 1. The minimum absolute atomic E-state index is 0.0794. The van der Waals surface area contributed by atoms with Crippen LogP contribution in [0.2, 0.25) is 0 Å². The number of hydrogen-bond donors (Lipinski definition) is 2.